The molecule has 0 aliphatic carbocycles. The van der Waals surface area contributed by atoms with Gasteiger partial charge in [-0.1, -0.05) is 17.3 Å². The summed E-state index contributed by atoms with van der Waals surface area (Å²) in [5.74, 6) is -6.16. The van der Waals surface area contributed by atoms with Gasteiger partial charge in [0.15, 0.2) is 23.3 Å². The van der Waals surface area contributed by atoms with Crippen LogP contribution in [0.3, 0.4) is 0 Å². The van der Waals surface area contributed by atoms with E-state index >= 15 is 0 Å². The Morgan fingerprint density at radius 2 is 0.772 bits per heavy atom. The lowest BCUT2D eigenvalue weighted by atomic mass is 10.1. The molecule has 8 aromatic heterocycles. The lowest BCUT2D eigenvalue weighted by Gasteiger charge is -2.20. The number of anilines is 9. The maximum atomic E-state index is 13.4. The summed E-state index contributed by atoms with van der Waals surface area (Å²) in [5.41, 5.74) is 2.80. The van der Waals surface area contributed by atoms with Gasteiger partial charge in [-0.25, -0.2) is 29.4 Å². The van der Waals surface area contributed by atoms with E-state index in [1.165, 1.54) is 82.8 Å². The SMILES string of the molecule is Cn1cc(NC(=O)c2nc(NC(=O)CCNC(=O)c3cc(NC(=O)c4nccn4C)cn3C)cn2C)cc1C(=O)NCCCC(=O)Nc1cn(C)c(C(=O)NCCC(=O)Nc2cc(C(=O)Nc3cn(C)c(C(=O)NCCC(=O)NCCOCCOCCOCCOCCOCCOCCn4cc(CC(=O)Nc5ccc(C(=O)Nc6ccccc6NC(=O)OC(C)(C)C)cc5)nn4)n3)n(C)c2)n1. The minimum Gasteiger partial charge on any atom is -0.444 e. The Balaban J connectivity index is 0.492. The average Bonchev–Trinajstić information content (AvgIpc) is 1.72. The quantitative estimate of drug-likeness (QED) is 0.0243. The topological polar surface area (TPSA) is 589 Å². The highest BCUT2D eigenvalue weighted by Crippen LogP contribution is 2.25. The van der Waals surface area contributed by atoms with Gasteiger partial charge in [0.25, 0.3) is 47.3 Å². The van der Waals surface area contributed by atoms with Gasteiger partial charge < -0.3 is 134 Å². The van der Waals surface area contributed by atoms with E-state index in [0.717, 1.165) is 0 Å². The van der Waals surface area contributed by atoms with Gasteiger partial charge in [-0.2, -0.15) is 0 Å². The van der Waals surface area contributed by atoms with Crippen molar-refractivity contribution in [3.8, 4) is 0 Å². The van der Waals surface area contributed by atoms with E-state index in [4.69, 9.17) is 33.2 Å². The van der Waals surface area contributed by atoms with Gasteiger partial charge in [-0.3, -0.25) is 67.6 Å². The first kappa shape index (κ1) is 103. The molecule has 2 aromatic carbocycles. The van der Waals surface area contributed by atoms with Crippen molar-refractivity contribution in [1.82, 2.24) is 93.5 Å². The lowest BCUT2D eigenvalue weighted by Crippen LogP contribution is -2.33. The molecule has 14 N–H and O–H groups in total. The van der Waals surface area contributed by atoms with E-state index in [0.29, 0.717) is 113 Å². The Labute approximate surface area is 779 Å². The molecule has 0 radical (unpaired) electrons. The Bertz CT molecular complexity index is 5840. The van der Waals surface area contributed by atoms with Crippen LogP contribution in [0.5, 0.6) is 0 Å². The molecule has 0 saturated carbocycles. The first-order valence-electron chi connectivity index (χ1n) is 43.1. The van der Waals surface area contributed by atoms with Crippen LogP contribution in [0.25, 0.3) is 0 Å². The molecule has 726 valence electrons. The van der Waals surface area contributed by atoms with E-state index in [1.807, 2.05) is 0 Å². The molecule has 8 heterocycles. The van der Waals surface area contributed by atoms with Crippen molar-refractivity contribution in [2.75, 3.05) is 160 Å². The zero-order valence-electron chi connectivity index (χ0n) is 76.9. The number of nitrogens with one attached hydrogen (secondary N) is 14. The zero-order chi connectivity index (χ0) is 97.8. The number of benzene rings is 2. The monoisotopic (exact) mass is 1880 g/mol. The second-order valence-electron chi connectivity index (χ2n) is 31.5. The number of aromatic nitrogens is 14. The molecule has 10 aromatic rings. The second-order valence-corrected chi connectivity index (χ2v) is 31.5. The van der Waals surface area contributed by atoms with Crippen LogP contribution in [0, 0.1) is 0 Å². The number of imidazole rings is 4. The summed E-state index contributed by atoms with van der Waals surface area (Å²) in [4.78, 5) is 198. The van der Waals surface area contributed by atoms with Gasteiger partial charge in [0.2, 0.25) is 47.0 Å². The van der Waals surface area contributed by atoms with Gasteiger partial charge in [-0.15, -0.1) is 5.10 Å². The zero-order valence-corrected chi connectivity index (χ0v) is 76.9. The van der Waals surface area contributed by atoms with Crippen molar-refractivity contribution in [1.29, 1.82) is 0 Å². The maximum Gasteiger partial charge on any atom is 0.412 e. The van der Waals surface area contributed by atoms with Crippen LogP contribution in [0.4, 0.5) is 56.4 Å². The summed E-state index contributed by atoms with van der Waals surface area (Å²) in [6.45, 7) is 9.90. The molecule has 0 atom stereocenters. The van der Waals surface area contributed by atoms with Gasteiger partial charge in [0.1, 0.15) is 22.7 Å². The number of aryl methyl sites for hydroxylation is 7. The predicted molar refractivity (Wildman–Crippen MR) is 492 cm³/mol. The predicted octanol–water partition coefficient (Wildman–Crippen LogP) is 3.47. The first-order valence-corrected chi connectivity index (χ1v) is 43.1. The molecular formula is C87H112N28O21. The summed E-state index contributed by atoms with van der Waals surface area (Å²) in [5, 5.41) is 45.8. The number of hydrogen-bond acceptors (Lipinski definition) is 27. The van der Waals surface area contributed by atoms with Gasteiger partial charge in [0, 0.05) is 175 Å². The molecule has 0 aliphatic heterocycles. The fourth-order valence-electron chi connectivity index (χ4n) is 12.8. The number of para-hydroxylation sites is 2. The fourth-order valence-corrected chi connectivity index (χ4v) is 12.8. The maximum absolute atomic E-state index is 13.4. The fraction of sp³-hybridized carbons (Fsp3) is 0.402. The molecule has 0 unspecified atom stereocenters. The van der Waals surface area contributed by atoms with Crippen LogP contribution in [0.2, 0.25) is 0 Å². The van der Waals surface area contributed by atoms with E-state index < -0.39 is 76.7 Å². The highest BCUT2D eigenvalue weighted by Gasteiger charge is 2.26. The summed E-state index contributed by atoms with van der Waals surface area (Å²) in [6, 6.07) is 17.5. The number of carbonyl (C=O) groups is 14. The van der Waals surface area contributed by atoms with E-state index in [9.17, 15) is 67.1 Å². The van der Waals surface area contributed by atoms with E-state index in [-0.39, 0.29) is 159 Å². The molecule has 0 saturated heterocycles. The number of ether oxygens (including phenoxy) is 7. The number of carbonyl (C=O) groups excluding carboxylic acids is 14. The molecule has 49 nitrogen and oxygen atoms in total. The Morgan fingerprint density at radius 3 is 1.28 bits per heavy atom. The normalized spacial score (nSPS) is 11.1. The van der Waals surface area contributed by atoms with Crippen LogP contribution < -0.4 is 74.4 Å². The summed E-state index contributed by atoms with van der Waals surface area (Å²) in [7, 11) is 11.2. The third-order valence-corrected chi connectivity index (χ3v) is 19.4. The highest BCUT2D eigenvalue weighted by molar-refractivity contribution is 6.09. The molecule has 10 rings (SSSR count). The van der Waals surface area contributed by atoms with Crippen molar-refractivity contribution >= 4 is 134 Å². The average molecular weight is 1890 g/mol. The Morgan fingerprint density at radius 1 is 0.346 bits per heavy atom. The summed E-state index contributed by atoms with van der Waals surface area (Å²) in [6.07, 6.45) is 12.8. The minimum atomic E-state index is -0.699. The molecular weight excluding hydrogens is 1770 g/mol. The molecule has 136 heavy (non-hydrogen) atoms. The number of amides is 14. The Kier molecular flexibility index (Phi) is 38.3. The summed E-state index contributed by atoms with van der Waals surface area (Å²) >= 11 is 0. The smallest absolute Gasteiger partial charge is 0.412 e. The molecule has 0 bridgehead atoms. The van der Waals surface area contributed by atoms with Crippen molar-refractivity contribution in [3.63, 3.8) is 0 Å². The summed E-state index contributed by atoms with van der Waals surface area (Å²) < 4.78 is 50.5. The first-order chi connectivity index (χ1) is 65.2. The van der Waals surface area contributed by atoms with Crippen LogP contribution in [-0.4, -0.2) is 267 Å². The largest absolute Gasteiger partial charge is 0.444 e. The van der Waals surface area contributed by atoms with Gasteiger partial charge in [-0.05, 0) is 81.8 Å². The third kappa shape index (κ3) is 33.0. The van der Waals surface area contributed by atoms with Crippen molar-refractivity contribution < 1.29 is 100 Å². The van der Waals surface area contributed by atoms with Crippen molar-refractivity contribution in [3.05, 3.63) is 174 Å². The number of nitrogens with zero attached hydrogens (tertiary/aromatic N) is 14. The minimum absolute atomic E-state index is 0.00524. The number of hydrogen-bond donors (Lipinski definition) is 14. The third-order valence-electron chi connectivity index (χ3n) is 19.4. The van der Waals surface area contributed by atoms with Crippen LogP contribution in [-0.2, 0) is 119 Å². The van der Waals surface area contributed by atoms with Crippen molar-refractivity contribution in [2.24, 2.45) is 49.3 Å². The molecule has 49 heteroatoms. The molecule has 14 amide bonds. The van der Waals surface area contributed by atoms with E-state index in [2.05, 4.69) is 105 Å². The van der Waals surface area contributed by atoms with Crippen molar-refractivity contribution in [2.45, 2.75) is 71.4 Å². The molecule has 0 fully saturated rings. The van der Waals surface area contributed by atoms with E-state index in [1.54, 1.807) is 146 Å². The standard InChI is InChI=1S/C87H112N28O21/c1-87(2,3)136-86(129)99-62-15-12-11-14-61(62)98-78(121)55-17-19-56(20-18-55)94-73(120)47-60-51-115(107-106-60)31-33-131-35-37-133-39-41-135-43-42-134-40-38-132-36-34-130-32-29-88-69(116)21-25-92-83(126)76-104-68(54-113(76)9)105-81(124)65-44-57(48-111(65)7)95-71(118)22-27-93-82(125)75-102-66(52-112(75)8)100-70(117)16-13-24-90-79(122)63-46-59(50-109(63)5)97-85(128)77-103-67(53-114(77)10)101-72(119)23-26-91-80(123)64-45-58(49-110(64)6)96-84(127)74-89-28-30-108(74)4/h11-12,14-15,17-20,28,30,44-46,48-54H,13,16,21-27,29,31-43,47H2,1-10H3,(H,88,116)(H,90,122)(H,91,123)(H,92,126)(H,93,125)(H,94,120)(H,95,118)(H,96,127)(H,97,128)(H,98,121)(H,99,129)(H,100,117)(H,101,119)(H,105,124). The van der Waals surface area contributed by atoms with Gasteiger partial charge in [0.05, 0.1) is 126 Å². The van der Waals surface area contributed by atoms with Crippen LogP contribution in [0.15, 0.2) is 123 Å². The highest BCUT2D eigenvalue weighted by atomic mass is 16.6. The Hall–Kier alpha value is -15.6. The molecule has 0 spiro atoms. The number of rotatable bonds is 53. The second kappa shape index (κ2) is 50.9. The lowest BCUT2D eigenvalue weighted by molar-refractivity contribution is -0.121. The van der Waals surface area contributed by atoms with Crippen LogP contribution >= 0.6 is 0 Å². The molecule has 0 aliphatic rings. The van der Waals surface area contributed by atoms with Crippen LogP contribution in [0.1, 0.15) is 143 Å². The van der Waals surface area contributed by atoms with Gasteiger partial charge >= 0.3 is 6.09 Å².